The molecule has 0 spiro atoms. The van der Waals surface area contributed by atoms with Crippen LogP contribution < -0.4 is 9.47 Å². The molecular formula is C19H12O7. The SMILES string of the molecule is COc1cc(O)cc2c1C(=O)c1c(cc3c(c1O)C1C=COC1O3)C2=O. The van der Waals surface area contributed by atoms with Crippen molar-refractivity contribution in [1.29, 1.82) is 0 Å². The Bertz CT molecular complexity index is 1050. The first-order chi connectivity index (χ1) is 12.5. The van der Waals surface area contributed by atoms with Gasteiger partial charge in [-0.05, 0) is 18.2 Å². The largest absolute Gasteiger partial charge is 0.508 e. The second-order valence-corrected chi connectivity index (χ2v) is 6.27. The minimum absolute atomic E-state index is 0.0201. The molecule has 0 fully saturated rings. The molecule has 0 bridgehead atoms. The summed E-state index contributed by atoms with van der Waals surface area (Å²) in [4.78, 5) is 26.0. The molecule has 2 aliphatic heterocycles. The number of phenols is 2. The highest BCUT2D eigenvalue weighted by Gasteiger charge is 2.44. The molecule has 2 heterocycles. The van der Waals surface area contributed by atoms with E-state index in [1.807, 2.05) is 0 Å². The summed E-state index contributed by atoms with van der Waals surface area (Å²) in [6, 6.07) is 3.92. The Morgan fingerprint density at radius 2 is 1.81 bits per heavy atom. The van der Waals surface area contributed by atoms with Crippen molar-refractivity contribution >= 4 is 11.6 Å². The van der Waals surface area contributed by atoms with E-state index in [0.29, 0.717) is 11.3 Å². The molecule has 7 nitrogen and oxygen atoms in total. The molecule has 7 heteroatoms. The standard InChI is InChI=1S/C19H12O7/c1-24-11-5-7(20)4-9-14(11)18(23)15-10(16(9)21)6-12-13(17(15)22)8-2-3-25-19(8)26-12/h2-6,8,19-20,22H,1H3. The molecule has 130 valence electrons. The van der Waals surface area contributed by atoms with Gasteiger partial charge in [-0.15, -0.1) is 0 Å². The van der Waals surface area contributed by atoms with E-state index in [0.717, 1.165) is 0 Å². The van der Waals surface area contributed by atoms with Crippen LogP contribution in [0.3, 0.4) is 0 Å². The number of hydrogen-bond acceptors (Lipinski definition) is 7. The topological polar surface area (TPSA) is 102 Å². The van der Waals surface area contributed by atoms with E-state index in [1.54, 1.807) is 6.08 Å². The number of ether oxygens (including phenoxy) is 3. The third-order valence-corrected chi connectivity index (χ3v) is 4.92. The normalized spacial score (nSPS) is 21.4. The minimum Gasteiger partial charge on any atom is -0.508 e. The number of carbonyl (C=O) groups is 2. The first-order valence-electron chi connectivity index (χ1n) is 7.90. The lowest BCUT2D eigenvalue weighted by Gasteiger charge is -2.22. The second-order valence-electron chi connectivity index (χ2n) is 6.27. The van der Waals surface area contributed by atoms with Crippen LogP contribution in [0.5, 0.6) is 23.0 Å². The van der Waals surface area contributed by atoms with Gasteiger partial charge in [0.15, 0.2) is 5.78 Å². The number of methoxy groups -OCH3 is 1. The maximum absolute atomic E-state index is 13.1. The second kappa shape index (κ2) is 4.78. The van der Waals surface area contributed by atoms with Crippen LogP contribution in [0.2, 0.25) is 0 Å². The highest BCUT2D eigenvalue weighted by atomic mass is 16.7. The molecule has 0 saturated heterocycles. The molecule has 0 saturated carbocycles. The Morgan fingerprint density at radius 3 is 2.58 bits per heavy atom. The molecule has 26 heavy (non-hydrogen) atoms. The van der Waals surface area contributed by atoms with Crippen LogP contribution in [0.15, 0.2) is 30.5 Å². The molecule has 2 aromatic carbocycles. The van der Waals surface area contributed by atoms with Crippen molar-refractivity contribution in [3.63, 3.8) is 0 Å². The summed E-state index contributed by atoms with van der Waals surface area (Å²) in [5, 5.41) is 20.6. The van der Waals surface area contributed by atoms with E-state index in [4.69, 9.17) is 14.2 Å². The fraction of sp³-hybridized carbons (Fsp3) is 0.158. The van der Waals surface area contributed by atoms with Gasteiger partial charge in [-0.25, -0.2) is 0 Å². The van der Waals surface area contributed by atoms with Crippen LogP contribution in [0.25, 0.3) is 0 Å². The van der Waals surface area contributed by atoms with Crippen molar-refractivity contribution in [3.8, 4) is 23.0 Å². The van der Waals surface area contributed by atoms with Crippen molar-refractivity contribution < 1.29 is 34.0 Å². The van der Waals surface area contributed by atoms with Crippen LogP contribution in [0.4, 0.5) is 0 Å². The van der Waals surface area contributed by atoms with Gasteiger partial charge in [0.2, 0.25) is 5.78 Å². The molecular weight excluding hydrogens is 340 g/mol. The van der Waals surface area contributed by atoms with Crippen molar-refractivity contribution in [2.24, 2.45) is 0 Å². The van der Waals surface area contributed by atoms with Crippen LogP contribution in [-0.2, 0) is 4.74 Å². The molecule has 0 amide bonds. The predicted octanol–water partition coefficient (Wildman–Crippen LogP) is 2.23. The summed E-state index contributed by atoms with van der Waals surface area (Å²) >= 11 is 0. The Labute approximate surface area is 147 Å². The van der Waals surface area contributed by atoms with E-state index in [-0.39, 0.29) is 45.4 Å². The number of rotatable bonds is 1. The molecule has 3 aliphatic rings. The summed E-state index contributed by atoms with van der Waals surface area (Å²) in [5.41, 5.74) is 0.398. The number of phenolic OH excluding ortho intramolecular Hbond substituents is 2. The maximum Gasteiger partial charge on any atom is 0.250 e. The average molecular weight is 352 g/mol. The van der Waals surface area contributed by atoms with Gasteiger partial charge in [-0.1, -0.05) is 0 Å². The van der Waals surface area contributed by atoms with Crippen LogP contribution >= 0.6 is 0 Å². The highest BCUT2D eigenvalue weighted by molar-refractivity contribution is 6.30. The van der Waals surface area contributed by atoms with E-state index < -0.39 is 17.9 Å². The van der Waals surface area contributed by atoms with Crippen LogP contribution in [0.1, 0.15) is 43.3 Å². The van der Waals surface area contributed by atoms with E-state index >= 15 is 0 Å². The van der Waals surface area contributed by atoms with E-state index in [1.165, 1.54) is 31.6 Å². The van der Waals surface area contributed by atoms with Crippen molar-refractivity contribution in [1.82, 2.24) is 0 Å². The van der Waals surface area contributed by atoms with Gasteiger partial charge in [0.25, 0.3) is 6.29 Å². The van der Waals surface area contributed by atoms with Gasteiger partial charge < -0.3 is 24.4 Å². The molecule has 1 aliphatic carbocycles. The zero-order chi connectivity index (χ0) is 18.2. The van der Waals surface area contributed by atoms with Gasteiger partial charge in [0.1, 0.15) is 23.0 Å². The van der Waals surface area contributed by atoms with Crippen molar-refractivity contribution in [2.45, 2.75) is 12.2 Å². The van der Waals surface area contributed by atoms with Crippen LogP contribution in [-0.4, -0.2) is 35.2 Å². The lowest BCUT2D eigenvalue weighted by molar-refractivity contribution is -0.00487. The summed E-state index contributed by atoms with van der Waals surface area (Å²) in [6.07, 6.45) is 2.58. The quantitative estimate of drug-likeness (QED) is 0.692. The summed E-state index contributed by atoms with van der Waals surface area (Å²) in [5.74, 6) is -1.50. The van der Waals surface area contributed by atoms with Gasteiger partial charge >= 0.3 is 0 Å². The zero-order valence-electron chi connectivity index (χ0n) is 13.5. The Hall–Kier alpha value is -3.48. The van der Waals surface area contributed by atoms with Crippen molar-refractivity contribution in [2.75, 3.05) is 7.11 Å². The predicted molar refractivity (Wildman–Crippen MR) is 87.0 cm³/mol. The zero-order valence-corrected chi connectivity index (χ0v) is 13.5. The van der Waals surface area contributed by atoms with Gasteiger partial charge in [-0.3, -0.25) is 9.59 Å². The van der Waals surface area contributed by atoms with Gasteiger partial charge in [0, 0.05) is 17.2 Å². The highest BCUT2D eigenvalue weighted by Crippen LogP contribution is 2.51. The third kappa shape index (κ3) is 1.67. The van der Waals surface area contributed by atoms with Crippen molar-refractivity contribution in [3.05, 3.63) is 58.4 Å². The Morgan fingerprint density at radius 1 is 1.04 bits per heavy atom. The van der Waals surface area contributed by atoms with E-state index in [2.05, 4.69) is 0 Å². The number of benzene rings is 2. The molecule has 5 rings (SSSR count). The van der Waals surface area contributed by atoms with Gasteiger partial charge in [0.05, 0.1) is 36.0 Å². The van der Waals surface area contributed by atoms with Gasteiger partial charge in [-0.2, -0.15) is 0 Å². The number of ketones is 2. The summed E-state index contributed by atoms with van der Waals surface area (Å²) in [7, 11) is 1.34. The smallest absolute Gasteiger partial charge is 0.250 e. The fourth-order valence-corrected chi connectivity index (χ4v) is 3.78. The number of fused-ring (bicyclic) bond motifs is 5. The number of aromatic hydroxyl groups is 2. The third-order valence-electron chi connectivity index (χ3n) is 4.92. The monoisotopic (exact) mass is 352 g/mol. The fourth-order valence-electron chi connectivity index (χ4n) is 3.78. The first kappa shape index (κ1) is 14.8. The molecule has 2 atom stereocenters. The molecule has 2 unspecified atom stereocenters. The lowest BCUT2D eigenvalue weighted by atomic mass is 9.80. The molecule has 0 radical (unpaired) electrons. The Kier molecular flexibility index (Phi) is 2.73. The summed E-state index contributed by atoms with van der Waals surface area (Å²) < 4.78 is 16.1. The number of carbonyl (C=O) groups excluding carboxylic acids is 2. The first-order valence-corrected chi connectivity index (χ1v) is 7.90. The summed E-state index contributed by atoms with van der Waals surface area (Å²) in [6.45, 7) is 0. The minimum atomic E-state index is -0.620. The molecule has 0 aromatic heterocycles. The molecule has 2 N–H and O–H groups in total. The Balaban J connectivity index is 1.79. The molecule has 2 aromatic rings. The average Bonchev–Trinajstić information content (AvgIpc) is 3.19. The maximum atomic E-state index is 13.1. The number of hydrogen-bond donors (Lipinski definition) is 2. The van der Waals surface area contributed by atoms with Crippen LogP contribution in [0, 0.1) is 0 Å². The van der Waals surface area contributed by atoms with E-state index in [9.17, 15) is 19.8 Å². The lowest BCUT2D eigenvalue weighted by Crippen LogP contribution is -2.22.